The van der Waals surface area contributed by atoms with Crippen LogP contribution in [0.4, 0.5) is 0 Å². The van der Waals surface area contributed by atoms with Crippen molar-refractivity contribution in [2.24, 2.45) is 0 Å². The summed E-state index contributed by atoms with van der Waals surface area (Å²) in [5, 5.41) is 7.63. The van der Waals surface area contributed by atoms with E-state index in [2.05, 4.69) is 15.1 Å². The molecule has 28 heavy (non-hydrogen) atoms. The van der Waals surface area contributed by atoms with Gasteiger partial charge in [-0.05, 0) is 30.3 Å². The summed E-state index contributed by atoms with van der Waals surface area (Å²) in [7, 11) is 3.18. The molecule has 0 N–H and O–H groups in total. The SMILES string of the molecule is COc1ccc(-c2noc(Cc3nc(-c4cccc(Cl)c4)cs3)n2)cc1OC. The van der Waals surface area contributed by atoms with E-state index < -0.39 is 0 Å². The first kappa shape index (κ1) is 18.5. The number of aromatic nitrogens is 3. The molecule has 0 aliphatic carbocycles. The molecule has 0 bridgehead atoms. The van der Waals surface area contributed by atoms with Gasteiger partial charge in [-0.3, -0.25) is 0 Å². The Hall–Kier alpha value is -2.90. The molecule has 4 aromatic rings. The second kappa shape index (κ2) is 8.00. The van der Waals surface area contributed by atoms with Crippen LogP contribution in [-0.4, -0.2) is 29.3 Å². The standard InChI is InChI=1S/C20H16ClN3O3S/c1-25-16-7-6-13(9-17(16)26-2)20-23-18(27-24-20)10-19-22-15(11-28-19)12-4-3-5-14(21)8-12/h3-9,11H,10H2,1-2H3. The number of hydrogen-bond donors (Lipinski definition) is 0. The zero-order valence-corrected chi connectivity index (χ0v) is 16.8. The zero-order valence-electron chi connectivity index (χ0n) is 15.2. The van der Waals surface area contributed by atoms with E-state index in [-0.39, 0.29) is 0 Å². The van der Waals surface area contributed by atoms with Crippen LogP contribution in [0.3, 0.4) is 0 Å². The fourth-order valence-electron chi connectivity index (χ4n) is 2.72. The lowest BCUT2D eigenvalue weighted by molar-refractivity contribution is 0.355. The van der Waals surface area contributed by atoms with Gasteiger partial charge < -0.3 is 14.0 Å². The van der Waals surface area contributed by atoms with E-state index in [0.29, 0.717) is 34.7 Å². The van der Waals surface area contributed by atoms with Gasteiger partial charge in [-0.1, -0.05) is 28.9 Å². The summed E-state index contributed by atoms with van der Waals surface area (Å²) in [6.07, 6.45) is 0.464. The molecule has 0 radical (unpaired) electrons. The number of methoxy groups -OCH3 is 2. The third-order valence-corrected chi connectivity index (χ3v) is 5.17. The van der Waals surface area contributed by atoms with Crippen LogP contribution in [0.1, 0.15) is 10.9 Å². The van der Waals surface area contributed by atoms with E-state index in [1.54, 1.807) is 25.6 Å². The molecule has 0 aliphatic rings. The van der Waals surface area contributed by atoms with Crippen molar-refractivity contribution in [1.29, 1.82) is 0 Å². The van der Waals surface area contributed by atoms with Gasteiger partial charge in [0.1, 0.15) is 5.01 Å². The first-order valence-corrected chi connectivity index (χ1v) is 9.67. The smallest absolute Gasteiger partial charge is 0.233 e. The predicted molar refractivity (Wildman–Crippen MR) is 108 cm³/mol. The van der Waals surface area contributed by atoms with Gasteiger partial charge in [-0.2, -0.15) is 4.98 Å². The molecule has 0 spiro atoms. The molecule has 0 saturated carbocycles. The van der Waals surface area contributed by atoms with Crippen molar-refractivity contribution >= 4 is 22.9 Å². The average molecular weight is 414 g/mol. The van der Waals surface area contributed by atoms with E-state index in [0.717, 1.165) is 21.8 Å². The fraction of sp³-hybridized carbons (Fsp3) is 0.150. The monoisotopic (exact) mass is 413 g/mol. The van der Waals surface area contributed by atoms with Crippen LogP contribution in [0, 0.1) is 0 Å². The summed E-state index contributed by atoms with van der Waals surface area (Å²) < 4.78 is 16.0. The number of benzene rings is 2. The van der Waals surface area contributed by atoms with Crippen molar-refractivity contribution in [2.45, 2.75) is 6.42 Å². The van der Waals surface area contributed by atoms with Crippen LogP contribution in [-0.2, 0) is 6.42 Å². The van der Waals surface area contributed by atoms with Crippen LogP contribution in [0.5, 0.6) is 11.5 Å². The molecule has 0 unspecified atom stereocenters. The van der Waals surface area contributed by atoms with E-state index in [1.807, 2.05) is 47.8 Å². The number of thiazole rings is 1. The van der Waals surface area contributed by atoms with Crippen molar-refractivity contribution in [3.8, 4) is 34.1 Å². The Labute approximate surface area is 170 Å². The second-order valence-corrected chi connectivity index (χ2v) is 7.27. The number of ether oxygens (including phenoxy) is 2. The molecule has 142 valence electrons. The Morgan fingerprint density at radius 2 is 1.86 bits per heavy atom. The Morgan fingerprint density at radius 3 is 2.64 bits per heavy atom. The second-order valence-electron chi connectivity index (χ2n) is 5.90. The van der Waals surface area contributed by atoms with Crippen molar-refractivity contribution in [2.75, 3.05) is 14.2 Å². The molecule has 0 atom stereocenters. The van der Waals surface area contributed by atoms with Gasteiger partial charge in [0, 0.05) is 21.5 Å². The van der Waals surface area contributed by atoms with E-state index in [1.165, 1.54) is 0 Å². The van der Waals surface area contributed by atoms with Crippen LogP contribution in [0.2, 0.25) is 5.02 Å². The van der Waals surface area contributed by atoms with E-state index in [4.69, 9.17) is 25.6 Å². The highest BCUT2D eigenvalue weighted by molar-refractivity contribution is 7.10. The molecule has 0 amide bonds. The molecular weight excluding hydrogens is 398 g/mol. The highest BCUT2D eigenvalue weighted by Gasteiger charge is 2.14. The molecular formula is C20H16ClN3O3S. The maximum atomic E-state index is 6.06. The van der Waals surface area contributed by atoms with Gasteiger partial charge in [0.2, 0.25) is 11.7 Å². The third kappa shape index (κ3) is 3.85. The van der Waals surface area contributed by atoms with Crippen LogP contribution >= 0.6 is 22.9 Å². The topological polar surface area (TPSA) is 70.3 Å². The highest BCUT2D eigenvalue weighted by Crippen LogP contribution is 2.31. The Morgan fingerprint density at radius 1 is 1.00 bits per heavy atom. The quantitative estimate of drug-likeness (QED) is 0.437. The summed E-state index contributed by atoms with van der Waals surface area (Å²) in [6.45, 7) is 0. The van der Waals surface area contributed by atoms with Crippen molar-refractivity contribution in [3.05, 3.63) is 63.8 Å². The predicted octanol–water partition coefficient (Wildman–Crippen LogP) is 5.12. The van der Waals surface area contributed by atoms with Gasteiger partial charge in [0.25, 0.3) is 0 Å². The van der Waals surface area contributed by atoms with Gasteiger partial charge in [-0.25, -0.2) is 4.98 Å². The molecule has 0 fully saturated rings. The first-order chi connectivity index (χ1) is 13.7. The number of rotatable bonds is 6. The fourth-order valence-corrected chi connectivity index (χ4v) is 3.71. The Bertz CT molecular complexity index is 1110. The molecule has 2 aromatic carbocycles. The maximum Gasteiger partial charge on any atom is 0.233 e. The Balaban J connectivity index is 1.53. The summed E-state index contributed by atoms with van der Waals surface area (Å²) in [4.78, 5) is 9.12. The summed E-state index contributed by atoms with van der Waals surface area (Å²) in [5.74, 6) is 2.24. The Kier molecular flexibility index (Phi) is 5.27. The van der Waals surface area contributed by atoms with E-state index in [9.17, 15) is 0 Å². The number of hydrogen-bond acceptors (Lipinski definition) is 7. The number of nitrogens with zero attached hydrogens (tertiary/aromatic N) is 3. The van der Waals surface area contributed by atoms with E-state index >= 15 is 0 Å². The lowest BCUT2D eigenvalue weighted by Crippen LogP contribution is -1.92. The molecule has 6 nitrogen and oxygen atoms in total. The van der Waals surface area contributed by atoms with Crippen molar-refractivity contribution < 1.29 is 14.0 Å². The minimum absolute atomic E-state index is 0.464. The molecule has 0 saturated heterocycles. The average Bonchev–Trinajstić information content (AvgIpc) is 3.37. The van der Waals surface area contributed by atoms with Crippen LogP contribution < -0.4 is 9.47 Å². The van der Waals surface area contributed by atoms with Crippen LogP contribution in [0.25, 0.3) is 22.6 Å². The lowest BCUT2D eigenvalue weighted by Gasteiger charge is -2.07. The minimum Gasteiger partial charge on any atom is -0.493 e. The van der Waals surface area contributed by atoms with Gasteiger partial charge in [0.05, 0.1) is 26.3 Å². The van der Waals surface area contributed by atoms with Crippen molar-refractivity contribution in [1.82, 2.24) is 15.1 Å². The molecule has 8 heteroatoms. The van der Waals surface area contributed by atoms with Gasteiger partial charge >= 0.3 is 0 Å². The normalized spacial score (nSPS) is 10.8. The first-order valence-electron chi connectivity index (χ1n) is 8.41. The summed E-state index contributed by atoms with van der Waals surface area (Å²) in [6, 6.07) is 13.1. The zero-order chi connectivity index (χ0) is 19.5. The summed E-state index contributed by atoms with van der Waals surface area (Å²) in [5.41, 5.74) is 2.64. The molecule has 4 rings (SSSR count). The molecule has 0 aliphatic heterocycles. The summed E-state index contributed by atoms with van der Waals surface area (Å²) >= 11 is 7.60. The van der Waals surface area contributed by atoms with Crippen LogP contribution in [0.15, 0.2) is 52.4 Å². The third-order valence-electron chi connectivity index (χ3n) is 4.08. The van der Waals surface area contributed by atoms with Gasteiger partial charge in [0.15, 0.2) is 11.5 Å². The minimum atomic E-state index is 0.464. The number of halogens is 1. The highest BCUT2D eigenvalue weighted by atomic mass is 35.5. The molecule has 2 heterocycles. The maximum absolute atomic E-state index is 6.06. The largest absolute Gasteiger partial charge is 0.493 e. The van der Waals surface area contributed by atoms with Gasteiger partial charge in [-0.15, -0.1) is 11.3 Å². The molecule has 2 aromatic heterocycles. The van der Waals surface area contributed by atoms with Crippen molar-refractivity contribution in [3.63, 3.8) is 0 Å². The lowest BCUT2D eigenvalue weighted by atomic mass is 10.2.